The highest BCUT2D eigenvalue weighted by Gasteiger charge is 2.50. The second-order valence-electron chi connectivity index (χ2n) is 8.14. The van der Waals surface area contributed by atoms with E-state index in [9.17, 15) is 9.59 Å². The molecule has 2 rings (SSSR count). The summed E-state index contributed by atoms with van der Waals surface area (Å²) in [4.78, 5) is 22.8. The molecule has 1 unspecified atom stereocenters. The van der Waals surface area contributed by atoms with Gasteiger partial charge in [-0.05, 0) is 21.8 Å². The maximum atomic E-state index is 11.7. The Bertz CT molecular complexity index is 763. The van der Waals surface area contributed by atoms with E-state index in [-0.39, 0.29) is 21.8 Å². The number of carbonyl (C=O) groups excluding carboxylic acids is 1. The van der Waals surface area contributed by atoms with Gasteiger partial charge in [-0.3, -0.25) is 9.59 Å². The molecule has 0 aliphatic carbocycles. The third-order valence-corrected chi connectivity index (χ3v) is 11.0. The first-order valence-corrected chi connectivity index (χ1v) is 12.6. The van der Waals surface area contributed by atoms with Crippen LogP contribution in [0.15, 0.2) is 60.7 Å². The summed E-state index contributed by atoms with van der Waals surface area (Å²) in [6.45, 7) is 8.45. The van der Waals surface area contributed by atoms with Crippen LogP contribution in [0.5, 0.6) is 0 Å². The molecule has 1 N–H and O–H groups in total. The number of carboxylic acids is 1. The third kappa shape index (κ3) is 6.04. The van der Waals surface area contributed by atoms with Gasteiger partial charge < -0.3 is 9.53 Å². The van der Waals surface area contributed by atoms with Crippen LogP contribution in [-0.4, -0.2) is 36.4 Å². The van der Waals surface area contributed by atoms with Gasteiger partial charge in [0.2, 0.25) is 0 Å². The van der Waals surface area contributed by atoms with Crippen molar-refractivity contribution in [2.24, 2.45) is 0 Å². The first-order chi connectivity index (χ1) is 13.7. The van der Waals surface area contributed by atoms with Crippen LogP contribution in [-0.2, 0) is 14.0 Å². The van der Waals surface area contributed by atoms with E-state index in [1.807, 2.05) is 36.4 Å². The minimum atomic E-state index is -2.69. The predicted octanol–water partition coefficient (Wildman–Crippen LogP) is 4.08. The average Bonchev–Trinajstić information content (AvgIpc) is 2.66. The van der Waals surface area contributed by atoms with E-state index in [0.29, 0.717) is 13.0 Å². The molecule has 0 aliphatic rings. The molecule has 0 amide bonds. The summed E-state index contributed by atoms with van der Waals surface area (Å²) in [6.07, 6.45) is 0.423. The van der Waals surface area contributed by atoms with E-state index in [4.69, 9.17) is 9.53 Å². The molecule has 1 atom stereocenters. The zero-order valence-corrected chi connectivity index (χ0v) is 19.4. The van der Waals surface area contributed by atoms with Gasteiger partial charge in [-0.25, -0.2) is 0 Å². The van der Waals surface area contributed by atoms with Gasteiger partial charge in [-0.15, -0.1) is 0 Å². The number of carboxylic acid groups (broad SMARTS) is 1. The van der Waals surface area contributed by atoms with Crippen molar-refractivity contribution in [1.82, 2.24) is 0 Å². The SMILES string of the molecule is CC(=O)SC(CCC(=O)O)CO[Si](c1ccccc1)(c1ccccc1)C(C)(C)C. The fourth-order valence-electron chi connectivity index (χ4n) is 3.67. The van der Waals surface area contributed by atoms with Crippen LogP contribution in [0.2, 0.25) is 5.04 Å². The molecular weight excluding hydrogens is 400 g/mol. The highest BCUT2D eigenvalue weighted by Crippen LogP contribution is 2.37. The lowest BCUT2D eigenvalue weighted by molar-refractivity contribution is -0.137. The van der Waals surface area contributed by atoms with Crippen molar-refractivity contribution in [1.29, 1.82) is 0 Å². The Hall–Kier alpha value is -1.89. The average molecular weight is 431 g/mol. The monoisotopic (exact) mass is 430 g/mol. The summed E-state index contributed by atoms with van der Waals surface area (Å²) in [6, 6.07) is 20.6. The smallest absolute Gasteiger partial charge is 0.303 e. The number of hydrogen-bond acceptors (Lipinski definition) is 4. The first-order valence-electron chi connectivity index (χ1n) is 9.81. The molecule has 0 spiro atoms. The van der Waals surface area contributed by atoms with Crippen molar-refractivity contribution >= 4 is 41.5 Å². The van der Waals surface area contributed by atoms with Crippen LogP contribution in [0, 0.1) is 0 Å². The Balaban J connectivity index is 2.46. The third-order valence-electron chi connectivity index (χ3n) is 4.92. The molecule has 6 heteroatoms. The van der Waals surface area contributed by atoms with Crippen molar-refractivity contribution in [3.63, 3.8) is 0 Å². The number of thioether (sulfide) groups is 1. The van der Waals surface area contributed by atoms with Crippen molar-refractivity contribution in [2.75, 3.05) is 6.61 Å². The van der Waals surface area contributed by atoms with Crippen LogP contribution in [0.4, 0.5) is 0 Å². The number of aliphatic carboxylic acids is 1. The Morgan fingerprint density at radius 2 is 1.48 bits per heavy atom. The fourth-order valence-corrected chi connectivity index (χ4v) is 9.24. The maximum Gasteiger partial charge on any atom is 0.303 e. The fraction of sp³-hybridized carbons (Fsp3) is 0.391. The van der Waals surface area contributed by atoms with Crippen LogP contribution in [0.25, 0.3) is 0 Å². The van der Waals surface area contributed by atoms with Crippen molar-refractivity contribution in [2.45, 2.75) is 50.8 Å². The topological polar surface area (TPSA) is 63.6 Å². The molecule has 0 fully saturated rings. The Kier molecular flexibility index (Phi) is 8.25. The number of benzene rings is 2. The highest BCUT2D eigenvalue weighted by molar-refractivity contribution is 8.14. The lowest BCUT2D eigenvalue weighted by atomic mass is 10.2. The second kappa shape index (κ2) is 10.2. The molecule has 0 saturated heterocycles. The molecule has 0 bridgehead atoms. The Morgan fingerprint density at radius 1 is 1.00 bits per heavy atom. The van der Waals surface area contributed by atoms with Gasteiger partial charge in [0.1, 0.15) is 0 Å². The zero-order valence-electron chi connectivity index (χ0n) is 17.6. The molecule has 2 aromatic rings. The second-order valence-corrected chi connectivity index (χ2v) is 13.9. The van der Waals surface area contributed by atoms with Gasteiger partial charge in [0.25, 0.3) is 8.32 Å². The lowest BCUT2D eigenvalue weighted by Gasteiger charge is -2.43. The number of carbonyl (C=O) groups is 2. The van der Waals surface area contributed by atoms with Crippen molar-refractivity contribution in [3.05, 3.63) is 60.7 Å². The summed E-state index contributed by atoms with van der Waals surface area (Å²) in [7, 11) is -2.69. The minimum Gasteiger partial charge on any atom is -0.481 e. The Morgan fingerprint density at radius 3 is 1.86 bits per heavy atom. The summed E-state index contributed by atoms with van der Waals surface area (Å²) in [5.74, 6) is -0.857. The molecule has 0 radical (unpaired) electrons. The van der Waals surface area contributed by atoms with Crippen molar-refractivity contribution in [3.8, 4) is 0 Å². The molecule has 2 aromatic carbocycles. The molecule has 0 aromatic heterocycles. The van der Waals surface area contributed by atoms with Crippen LogP contribution in [0.1, 0.15) is 40.5 Å². The molecule has 29 heavy (non-hydrogen) atoms. The molecule has 0 aliphatic heterocycles. The first kappa shape index (κ1) is 23.4. The summed E-state index contributed by atoms with van der Waals surface area (Å²) < 4.78 is 6.83. The van der Waals surface area contributed by atoms with Crippen LogP contribution in [0.3, 0.4) is 0 Å². The van der Waals surface area contributed by atoms with Gasteiger partial charge in [0.15, 0.2) is 5.12 Å². The Labute approximate surface area is 178 Å². The quantitative estimate of drug-likeness (QED) is 0.608. The minimum absolute atomic E-state index is 0.0218. The van der Waals surface area contributed by atoms with Crippen LogP contribution >= 0.6 is 11.8 Å². The molecule has 4 nitrogen and oxygen atoms in total. The largest absolute Gasteiger partial charge is 0.481 e. The van der Waals surface area contributed by atoms with E-state index < -0.39 is 14.3 Å². The van der Waals surface area contributed by atoms with E-state index >= 15 is 0 Å². The summed E-state index contributed by atoms with van der Waals surface area (Å²) in [5, 5.41) is 11.1. The van der Waals surface area contributed by atoms with Gasteiger partial charge in [0, 0.05) is 25.2 Å². The number of rotatable bonds is 9. The van der Waals surface area contributed by atoms with Gasteiger partial charge >= 0.3 is 5.97 Å². The van der Waals surface area contributed by atoms with Gasteiger partial charge in [-0.2, -0.15) is 0 Å². The molecule has 156 valence electrons. The van der Waals surface area contributed by atoms with E-state index in [0.717, 1.165) is 0 Å². The van der Waals surface area contributed by atoms with Gasteiger partial charge in [0.05, 0.1) is 0 Å². The molecule has 0 heterocycles. The van der Waals surface area contributed by atoms with E-state index in [1.54, 1.807) is 0 Å². The predicted molar refractivity (Wildman–Crippen MR) is 123 cm³/mol. The van der Waals surface area contributed by atoms with Gasteiger partial charge in [-0.1, -0.05) is 93.2 Å². The maximum absolute atomic E-state index is 11.7. The number of hydrogen-bond donors (Lipinski definition) is 1. The van der Waals surface area contributed by atoms with E-state index in [2.05, 4.69) is 45.0 Å². The van der Waals surface area contributed by atoms with Crippen molar-refractivity contribution < 1.29 is 19.1 Å². The normalized spacial score (nSPS) is 13.1. The zero-order chi connectivity index (χ0) is 21.5. The molecular formula is C23H30O4SSi. The lowest BCUT2D eigenvalue weighted by Crippen LogP contribution is -2.67. The summed E-state index contributed by atoms with van der Waals surface area (Å²) in [5.41, 5.74) is 0. The standard InChI is InChI=1S/C23H30O4SSi/c1-18(24)28-19(15-16-22(25)26)17-27-29(23(2,3)4,20-11-7-5-8-12-20)21-13-9-6-10-14-21/h5-14,19H,15-17H2,1-4H3,(H,25,26). The van der Waals surface area contributed by atoms with Crippen LogP contribution < -0.4 is 10.4 Å². The summed E-state index contributed by atoms with van der Waals surface area (Å²) >= 11 is 1.18. The molecule has 0 saturated carbocycles. The van der Waals surface area contributed by atoms with E-state index in [1.165, 1.54) is 29.1 Å². The highest BCUT2D eigenvalue weighted by atomic mass is 32.2.